The monoisotopic (exact) mass is 377 g/mol. The molecule has 0 saturated carbocycles. The van der Waals surface area contributed by atoms with Crippen LogP contribution in [-0.2, 0) is 9.47 Å². The first kappa shape index (κ1) is 17.3. The molecule has 1 saturated heterocycles. The number of carbonyl (C=O) groups is 1. The Morgan fingerprint density at radius 3 is 3.04 bits per heavy atom. The number of nitrogens with zero attached hydrogens (tertiary/aromatic N) is 3. The Morgan fingerprint density at radius 1 is 1.44 bits per heavy atom. The zero-order valence-corrected chi connectivity index (χ0v) is 14.2. The van der Waals surface area contributed by atoms with Crippen LogP contribution in [0.3, 0.4) is 0 Å². The molecule has 2 aromatic rings. The van der Waals surface area contributed by atoms with E-state index in [4.69, 9.17) is 14.2 Å². The second kappa shape index (κ2) is 7.23. The van der Waals surface area contributed by atoms with Gasteiger partial charge in [0.1, 0.15) is 12.4 Å². The lowest BCUT2D eigenvalue weighted by atomic mass is 10.0. The third kappa shape index (κ3) is 3.56. The zero-order chi connectivity index (χ0) is 18.8. The summed E-state index contributed by atoms with van der Waals surface area (Å²) in [6.07, 6.45) is 2.38. The molecular formula is C17H16FN3O6. The Kier molecular flexibility index (Phi) is 4.63. The van der Waals surface area contributed by atoms with Crippen molar-refractivity contribution in [3.8, 4) is 5.88 Å². The van der Waals surface area contributed by atoms with E-state index in [2.05, 4.69) is 9.79 Å². The fourth-order valence-electron chi connectivity index (χ4n) is 2.99. The van der Waals surface area contributed by atoms with Gasteiger partial charge in [0.05, 0.1) is 25.4 Å². The van der Waals surface area contributed by atoms with Gasteiger partial charge in [-0.1, -0.05) is 6.08 Å². The number of cyclic esters (lactones) is 1. The number of benzene rings is 1. The summed E-state index contributed by atoms with van der Waals surface area (Å²) in [5.74, 6) is -0.547. The van der Waals surface area contributed by atoms with Gasteiger partial charge in [-0.25, -0.2) is 9.18 Å². The van der Waals surface area contributed by atoms with Gasteiger partial charge >= 0.3 is 12.0 Å². The van der Waals surface area contributed by atoms with Gasteiger partial charge in [0, 0.05) is 10.7 Å². The first-order valence-corrected chi connectivity index (χ1v) is 8.34. The molecule has 2 aliphatic rings. The lowest BCUT2D eigenvalue weighted by Gasteiger charge is -2.17. The maximum Gasteiger partial charge on any atom is 0.414 e. The molecule has 3 heterocycles. The van der Waals surface area contributed by atoms with Crippen molar-refractivity contribution in [1.82, 2.24) is 5.16 Å². The van der Waals surface area contributed by atoms with Crippen molar-refractivity contribution in [1.29, 1.82) is 0 Å². The Balaban J connectivity index is 1.44. The summed E-state index contributed by atoms with van der Waals surface area (Å²) in [7, 11) is 0. The molecule has 2 aliphatic heterocycles. The fourth-order valence-corrected chi connectivity index (χ4v) is 2.99. The van der Waals surface area contributed by atoms with Crippen LogP contribution in [0.4, 0.5) is 14.9 Å². The van der Waals surface area contributed by atoms with Crippen molar-refractivity contribution in [2.45, 2.75) is 12.5 Å². The highest BCUT2D eigenvalue weighted by atomic mass is 19.1. The molecule has 0 N–H and O–H groups in total. The van der Waals surface area contributed by atoms with Crippen LogP contribution in [-0.4, -0.2) is 43.7 Å². The van der Waals surface area contributed by atoms with Crippen molar-refractivity contribution >= 4 is 17.4 Å². The summed E-state index contributed by atoms with van der Waals surface area (Å²) in [4.78, 5) is 13.5. The fraction of sp³-hybridized carbons (Fsp3) is 0.353. The van der Waals surface area contributed by atoms with Crippen LogP contribution in [0.25, 0.3) is 5.57 Å². The number of carbonyl (C=O) groups excluding carboxylic acids is 1. The first-order chi connectivity index (χ1) is 13.1. The lowest BCUT2D eigenvalue weighted by molar-refractivity contribution is -0.805. The summed E-state index contributed by atoms with van der Waals surface area (Å²) < 4.78 is 34.5. The van der Waals surface area contributed by atoms with Crippen LogP contribution >= 0.6 is 0 Å². The Labute approximate surface area is 153 Å². The molecule has 1 amide bonds. The third-order valence-corrected chi connectivity index (χ3v) is 4.33. The zero-order valence-electron chi connectivity index (χ0n) is 14.2. The molecule has 0 unspecified atom stereocenters. The molecule has 4 rings (SSSR count). The highest BCUT2D eigenvalue weighted by molar-refractivity contribution is 5.90. The quantitative estimate of drug-likeness (QED) is 0.730. The molecule has 1 aromatic carbocycles. The normalized spacial score (nSPS) is 19.7. The van der Waals surface area contributed by atoms with Crippen molar-refractivity contribution in [3.63, 3.8) is 0 Å². The minimum absolute atomic E-state index is 0.0564. The molecule has 142 valence electrons. The number of hydrogen-bond acceptors (Lipinski definition) is 7. The van der Waals surface area contributed by atoms with Crippen LogP contribution in [0.2, 0.25) is 0 Å². The van der Waals surface area contributed by atoms with Gasteiger partial charge in [0.25, 0.3) is 6.20 Å². The molecular weight excluding hydrogens is 361 g/mol. The van der Waals surface area contributed by atoms with E-state index in [9.17, 15) is 14.4 Å². The number of amides is 1. The number of halogens is 1. The van der Waals surface area contributed by atoms with Gasteiger partial charge in [-0.15, -0.1) is 0 Å². The van der Waals surface area contributed by atoms with E-state index in [-0.39, 0.29) is 23.9 Å². The topological polar surface area (TPSA) is 101 Å². The van der Waals surface area contributed by atoms with Gasteiger partial charge in [0.15, 0.2) is 6.10 Å². The molecule has 0 spiro atoms. The van der Waals surface area contributed by atoms with Gasteiger partial charge in [0.2, 0.25) is 0 Å². The number of aromatic nitrogens is 2. The third-order valence-electron chi connectivity index (χ3n) is 4.33. The van der Waals surface area contributed by atoms with Crippen molar-refractivity contribution < 1.29 is 32.9 Å². The lowest BCUT2D eigenvalue weighted by Crippen LogP contribution is -2.30. The molecule has 1 aromatic heterocycles. The highest BCUT2D eigenvalue weighted by Gasteiger charge is 2.33. The molecule has 1 atom stereocenters. The predicted molar refractivity (Wildman–Crippen MR) is 88.4 cm³/mol. The summed E-state index contributed by atoms with van der Waals surface area (Å²) >= 11 is 0. The SMILES string of the molecule is O=C1O[C@@H](COc2cno[n+]2[O-])CN1c1ccc(C2=CCOCC2)c(F)c1. The average Bonchev–Trinajstić information content (AvgIpc) is 3.25. The van der Waals surface area contributed by atoms with Crippen LogP contribution in [0.15, 0.2) is 35.1 Å². The van der Waals surface area contributed by atoms with Crippen molar-refractivity contribution in [3.05, 3.63) is 47.1 Å². The molecule has 0 radical (unpaired) electrons. The average molecular weight is 377 g/mol. The standard InChI is InChI=1S/C17H16FN3O6/c18-15-7-12(1-2-14(15)11-3-5-24-6-4-11)20-9-13(26-17(20)22)10-25-16-8-19-27-21(16)23/h1-3,7-8,13H,4-6,9-10H2/t13-/m1/s1. The molecule has 0 bridgehead atoms. The molecule has 9 nitrogen and oxygen atoms in total. The maximum atomic E-state index is 14.6. The van der Waals surface area contributed by atoms with Crippen molar-refractivity contribution in [2.24, 2.45) is 0 Å². The summed E-state index contributed by atoms with van der Waals surface area (Å²) in [6.45, 7) is 1.13. The Bertz CT molecular complexity index is 883. The van der Waals surface area contributed by atoms with Gasteiger partial charge in [-0.2, -0.15) is 0 Å². The van der Waals surface area contributed by atoms with E-state index in [1.54, 1.807) is 12.1 Å². The first-order valence-electron chi connectivity index (χ1n) is 8.34. The summed E-state index contributed by atoms with van der Waals surface area (Å²) in [5.41, 5.74) is 1.78. The molecule has 1 fully saturated rings. The number of rotatable bonds is 5. The van der Waals surface area contributed by atoms with E-state index < -0.39 is 18.0 Å². The Hall–Kier alpha value is -3.14. The van der Waals surface area contributed by atoms with Crippen LogP contribution < -0.4 is 14.5 Å². The minimum Gasteiger partial charge on any atom is -0.453 e. The van der Waals surface area contributed by atoms with Gasteiger partial charge in [-0.3, -0.25) is 9.53 Å². The van der Waals surface area contributed by atoms with Gasteiger partial charge < -0.3 is 19.4 Å². The predicted octanol–water partition coefficient (Wildman–Crippen LogP) is 1.66. The van der Waals surface area contributed by atoms with Crippen molar-refractivity contribution in [2.75, 3.05) is 31.3 Å². The number of anilines is 1. The van der Waals surface area contributed by atoms with E-state index in [1.165, 1.54) is 11.0 Å². The molecule has 0 aliphatic carbocycles. The summed E-state index contributed by atoms with van der Waals surface area (Å²) in [5, 5.41) is 14.4. The largest absolute Gasteiger partial charge is 0.453 e. The second-order valence-electron chi connectivity index (χ2n) is 6.06. The van der Waals surface area contributed by atoms with E-state index in [0.717, 1.165) is 11.8 Å². The van der Waals surface area contributed by atoms with Crippen LogP contribution in [0.1, 0.15) is 12.0 Å². The number of ether oxygens (including phenoxy) is 3. The maximum absolute atomic E-state index is 14.6. The molecule has 27 heavy (non-hydrogen) atoms. The van der Waals surface area contributed by atoms with Gasteiger partial charge in [-0.05, 0) is 35.1 Å². The number of hydrogen-bond donors (Lipinski definition) is 0. The smallest absolute Gasteiger partial charge is 0.414 e. The highest BCUT2D eigenvalue weighted by Crippen LogP contribution is 2.29. The van der Waals surface area contributed by atoms with Crippen LogP contribution in [0, 0.1) is 11.0 Å². The van der Waals surface area contributed by atoms with E-state index in [1.807, 2.05) is 6.08 Å². The van der Waals surface area contributed by atoms with E-state index in [0.29, 0.717) is 30.9 Å². The van der Waals surface area contributed by atoms with E-state index >= 15 is 0 Å². The Morgan fingerprint density at radius 2 is 2.33 bits per heavy atom. The minimum atomic E-state index is -0.617. The van der Waals surface area contributed by atoms with Crippen LogP contribution in [0.5, 0.6) is 5.88 Å². The second-order valence-corrected chi connectivity index (χ2v) is 6.06. The summed E-state index contributed by atoms with van der Waals surface area (Å²) in [6, 6.07) is 4.63. The molecule has 10 heteroatoms.